The number of aryl methyl sites for hydroxylation is 1. The number of rotatable bonds is 8. The highest BCUT2D eigenvalue weighted by Crippen LogP contribution is 2.33. The molecular weight excluding hydrogens is 461 g/mol. The Balaban J connectivity index is 1.82. The molecule has 0 spiro atoms. The second-order valence-corrected chi connectivity index (χ2v) is 8.68. The molecule has 3 N–H and O–H groups in total. The van der Waals surface area contributed by atoms with Crippen LogP contribution < -0.4 is 10.5 Å². The summed E-state index contributed by atoms with van der Waals surface area (Å²) in [7, 11) is 0. The first-order valence-electron chi connectivity index (χ1n) is 10.8. The number of imidazole rings is 1. The predicted octanol–water partition coefficient (Wildman–Crippen LogP) is 4.75. The number of alkyl halides is 5. The van der Waals surface area contributed by atoms with Crippen molar-refractivity contribution >= 4 is 5.82 Å². The van der Waals surface area contributed by atoms with Crippen LogP contribution in [0.4, 0.5) is 27.8 Å². The Morgan fingerprint density at radius 3 is 2.53 bits per heavy atom. The minimum Gasteiger partial charge on any atom is -0.402 e. The summed E-state index contributed by atoms with van der Waals surface area (Å²) < 4.78 is 70.5. The van der Waals surface area contributed by atoms with Gasteiger partial charge in [-0.3, -0.25) is 0 Å². The topological polar surface area (TPSA) is 89.4 Å². The molecule has 0 aliphatic carbocycles. The van der Waals surface area contributed by atoms with E-state index >= 15 is 0 Å². The normalized spacial score (nSPS) is 17.1. The van der Waals surface area contributed by atoms with Gasteiger partial charge in [0.25, 0.3) is 5.92 Å². The molecule has 3 heterocycles. The molecule has 34 heavy (non-hydrogen) atoms. The number of anilines is 1. The van der Waals surface area contributed by atoms with Gasteiger partial charge in [0.1, 0.15) is 11.9 Å². The van der Waals surface area contributed by atoms with Crippen LogP contribution in [0.2, 0.25) is 0 Å². The van der Waals surface area contributed by atoms with Gasteiger partial charge in [-0.2, -0.15) is 0 Å². The smallest absolute Gasteiger partial charge is 0.402 e. The standard InChI is InChI=1S/C22H28F5N5O2/c1-13(2)18(33)20-30-16(15-10-17(19(28)29-11-15)34-22(25,26)27)12-32(20)7-4-14(3)31-8-5-21(23,24)6-9-31/h10-13,18,33H,3-9H2,1-2H3,(H2,28,29)/t18-/m1/s1. The largest absolute Gasteiger partial charge is 0.573 e. The minimum absolute atomic E-state index is 0.185. The summed E-state index contributed by atoms with van der Waals surface area (Å²) in [4.78, 5) is 10.0. The molecule has 0 amide bonds. The number of aliphatic hydroxyl groups excluding tert-OH is 1. The highest BCUT2D eigenvalue weighted by atomic mass is 19.4. The van der Waals surface area contributed by atoms with Crippen LogP contribution in [0.25, 0.3) is 11.3 Å². The quantitative estimate of drug-likeness (QED) is 0.521. The summed E-state index contributed by atoms with van der Waals surface area (Å²) in [6.45, 7) is 8.37. The number of allylic oxidation sites excluding steroid dienone is 1. The van der Waals surface area contributed by atoms with E-state index in [9.17, 15) is 27.1 Å². The Hall–Kier alpha value is -2.89. The summed E-state index contributed by atoms with van der Waals surface area (Å²) in [6.07, 6.45) is -3.07. The number of ether oxygens (including phenoxy) is 1. The van der Waals surface area contributed by atoms with Crippen molar-refractivity contribution in [1.82, 2.24) is 19.4 Å². The fourth-order valence-corrected chi connectivity index (χ4v) is 3.64. The van der Waals surface area contributed by atoms with Crippen molar-refractivity contribution < 1.29 is 31.8 Å². The predicted molar refractivity (Wildman–Crippen MR) is 116 cm³/mol. The number of aromatic nitrogens is 3. The first kappa shape index (κ1) is 25.7. The molecular formula is C22H28F5N5O2. The average molecular weight is 489 g/mol. The number of hydrogen-bond acceptors (Lipinski definition) is 6. The number of halogens is 5. The fourth-order valence-electron chi connectivity index (χ4n) is 3.64. The third-order valence-electron chi connectivity index (χ3n) is 5.69. The van der Waals surface area contributed by atoms with Crippen molar-refractivity contribution in [3.05, 3.63) is 36.6 Å². The van der Waals surface area contributed by atoms with Crippen LogP contribution in [-0.4, -0.2) is 49.9 Å². The molecule has 1 aliphatic rings. The molecule has 2 aromatic heterocycles. The molecule has 0 bridgehead atoms. The van der Waals surface area contributed by atoms with Gasteiger partial charge in [0.15, 0.2) is 11.6 Å². The summed E-state index contributed by atoms with van der Waals surface area (Å²) in [5, 5.41) is 10.7. The van der Waals surface area contributed by atoms with E-state index in [1.807, 2.05) is 4.90 Å². The van der Waals surface area contributed by atoms with E-state index in [0.717, 1.165) is 6.07 Å². The van der Waals surface area contributed by atoms with Crippen LogP contribution in [0.3, 0.4) is 0 Å². The molecule has 7 nitrogen and oxygen atoms in total. The number of nitrogens with zero attached hydrogens (tertiary/aromatic N) is 4. The summed E-state index contributed by atoms with van der Waals surface area (Å²) >= 11 is 0. The summed E-state index contributed by atoms with van der Waals surface area (Å²) in [5.41, 5.74) is 6.69. The van der Waals surface area contributed by atoms with Gasteiger partial charge in [0, 0.05) is 62.6 Å². The Morgan fingerprint density at radius 1 is 1.29 bits per heavy atom. The number of hydrogen-bond donors (Lipinski definition) is 2. The van der Waals surface area contributed by atoms with Crippen molar-refractivity contribution in [3.8, 4) is 17.0 Å². The molecule has 1 aliphatic heterocycles. The number of aliphatic hydroxyl groups is 1. The van der Waals surface area contributed by atoms with Crippen molar-refractivity contribution in [2.45, 2.75) is 58.0 Å². The van der Waals surface area contributed by atoms with Crippen molar-refractivity contribution in [2.75, 3.05) is 18.8 Å². The van der Waals surface area contributed by atoms with Gasteiger partial charge in [0.05, 0.1) is 5.69 Å². The zero-order valence-electron chi connectivity index (χ0n) is 18.9. The lowest BCUT2D eigenvalue weighted by Gasteiger charge is -2.34. The lowest BCUT2D eigenvalue weighted by atomic mass is 10.1. The van der Waals surface area contributed by atoms with Crippen LogP contribution >= 0.6 is 0 Å². The minimum atomic E-state index is -4.94. The monoisotopic (exact) mass is 489 g/mol. The van der Waals surface area contributed by atoms with E-state index in [2.05, 4.69) is 21.3 Å². The Bertz CT molecular complexity index is 1010. The Labute approximate surface area is 194 Å². The molecule has 0 saturated carbocycles. The highest BCUT2D eigenvalue weighted by Gasteiger charge is 2.34. The van der Waals surface area contributed by atoms with Crippen LogP contribution in [0.5, 0.6) is 5.75 Å². The van der Waals surface area contributed by atoms with Gasteiger partial charge in [-0.25, -0.2) is 18.7 Å². The van der Waals surface area contributed by atoms with Gasteiger partial charge < -0.3 is 25.0 Å². The third-order valence-corrected chi connectivity index (χ3v) is 5.69. The summed E-state index contributed by atoms with van der Waals surface area (Å²) in [5.74, 6) is -3.60. The molecule has 0 unspecified atom stereocenters. The van der Waals surface area contributed by atoms with Crippen molar-refractivity contribution in [3.63, 3.8) is 0 Å². The van der Waals surface area contributed by atoms with Crippen LogP contribution in [0, 0.1) is 5.92 Å². The molecule has 1 atom stereocenters. The molecule has 2 aromatic rings. The molecule has 0 radical (unpaired) electrons. The molecule has 1 saturated heterocycles. The number of nitrogens with two attached hydrogens (primary N) is 1. The Morgan fingerprint density at radius 2 is 1.94 bits per heavy atom. The van der Waals surface area contributed by atoms with Crippen molar-refractivity contribution in [1.29, 1.82) is 0 Å². The van der Waals surface area contributed by atoms with Crippen molar-refractivity contribution in [2.24, 2.45) is 5.92 Å². The number of piperidine rings is 1. The fraction of sp³-hybridized carbons (Fsp3) is 0.545. The van der Waals surface area contributed by atoms with Crippen LogP contribution in [0.15, 0.2) is 30.7 Å². The zero-order valence-corrected chi connectivity index (χ0v) is 18.9. The molecule has 3 rings (SSSR count). The van der Waals surface area contributed by atoms with Gasteiger partial charge >= 0.3 is 6.36 Å². The lowest BCUT2D eigenvalue weighted by Crippen LogP contribution is -2.38. The maximum Gasteiger partial charge on any atom is 0.573 e. The number of pyridine rings is 1. The van der Waals surface area contributed by atoms with Crippen LogP contribution in [0.1, 0.15) is 45.0 Å². The lowest BCUT2D eigenvalue weighted by molar-refractivity contribution is -0.274. The second kappa shape index (κ2) is 9.77. The van der Waals surface area contributed by atoms with E-state index in [0.29, 0.717) is 24.5 Å². The zero-order chi connectivity index (χ0) is 25.3. The van der Waals surface area contributed by atoms with Gasteiger partial charge in [-0.15, -0.1) is 13.2 Å². The maximum absolute atomic E-state index is 13.4. The van der Waals surface area contributed by atoms with E-state index in [4.69, 9.17) is 5.73 Å². The van der Waals surface area contributed by atoms with Gasteiger partial charge in [-0.05, 0) is 12.0 Å². The molecule has 12 heteroatoms. The van der Waals surface area contributed by atoms with E-state index in [1.54, 1.807) is 24.6 Å². The first-order valence-corrected chi connectivity index (χ1v) is 10.8. The Kier molecular flexibility index (Phi) is 7.39. The third kappa shape index (κ3) is 6.37. The number of likely N-dealkylation sites (tertiary alicyclic amines) is 1. The van der Waals surface area contributed by atoms with E-state index in [1.165, 1.54) is 6.20 Å². The first-order chi connectivity index (χ1) is 15.8. The molecule has 188 valence electrons. The molecule has 1 fully saturated rings. The summed E-state index contributed by atoms with van der Waals surface area (Å²) in [6, 6.07) is 1.08. The highest BCUT2D eigenvalue weighted by molar-refractivity contribution is 5.63. The molecule has 0 aromatic carbocycles. The SMILES string of the molecule is C=C(CCn1cc(-c2cnc(N)c(OC(F)(F)F)c2)nc1[C@H](O)C(C)C)N1CCC(F)(F)CC1. The van der Waals surface area contributed by atoms with Crippen LogP contribution in [-0.2, 0) is 6.54 Å². The second-order valence-electron chi connectivity index (χ2n) is 8.68. The average Bonchev–Trinajstić information content (AvgIpc) is 3.16. The van der Waals surface area contributed by atoms with Gasteiger partial charge in [-0.1, -0.05) is 20.4 Å². The maximum atomic E-state index is 13.4. The van der Waals surface area contributed by atoms with E-state index < -0.39 is 30.0 Å². The van der Waals surface area contributed by atoms with E-state index in [-0.39, 0.29) is 43.1 Å². The number of nitrogen functional groups attached to an aromatic ring is 1. The van der Waals surface area contributed by atoms with Gasteiger partial charge in [0.2, 0.25) is 0 Å².